The van der Waals surface area contributed by atoms with Gasteiger partial charge in [-0.05, 0) is 12.8 Å². The van der Waals surface area contributed by atoms with Crippen molar-refractivity contribution < 1.29 is 4.52 Å². The van der Waals surface area contributed by atoms with Gasteiger partial charge in [0.25, 0.3) is 0 Å². The first kappa shape index (κ1) is 10.5. The molecule has 1 aromatic rings. The first-order chi connectivity index (χ1) is 6.19. The van der Waals surface area contributed by atoms with Crippen LogP contribution in [0.5, 0.6) is 0 Å². The lowest BCUT2D eigenvalue weighted by molar-refractivity contribution is 0.352. The Morgan fingerprint density at radius 3 is 2.62 bits per heavy atom. The minimum Gasteiger partial charge on any atom is -0.339 e. The second-order valence-electron chi connectivity index (χ2n) is 3.18. The fraction of sp³-hybridized carbons (Fsp3) is 0.778. The monoisotopic (exact) mass is 202 g/mol. The smallest absolute Gasteiger partial charge is 0.229 e. The summed E-state index contributed by atoms with van der Waals surface area (Å²) in [5.41, 5.74) is 0. The summed E-state index contributed by atoms with van der Waals surface area (Å²) in [5.74, 6) is 1.62. The van der Waals surface area contributed by atoms with Crippen molar-refractivity contribution in [2.75, 3.05) is 0 Å². The van der Waals surface area contributed by atoms with E-state index in [9.17, 15) is 0 Å². The number of rotatable bonds is 4. The molecule has 0 radical (unpaired) electrons. The van der Waals surface area contributed by atoms with Crippen molar-refractivity contribution in [3.05, 3.63) is 11.7 Å². The Labute approximate surface area is 83.5 Å². The molecule has 13 heavy (non-hydrogen) atoms. The van der Waals surface area contributed by atoms with Crippen LogP contribution in [0, 0.1) is 0 Å². The van der Waals surface area contributed by atoms with E-state index in [1.807, 2.05) is 6.92 Å². The number of hydrogen-bond donors (Lipinski definition) is 0. The SMILES string of the molecule is CCC(C)c1nc(C(Cl)CC)no1. The van der Waals surface area contributed by atoms with Crippen molar-refractivity contribution in [3.8, 4) is 0 Å². The van der Waals surface area contributed by atoms with E-state index in [-0.39, 0.29) is 5.38 Å². The quantitative estimate of drug-likeness (QED) is 0.704. The van der Waals surface area contributed by atoms with Gasteiger partial charge in [-0.3, -0.25) is 0 Å². The Morgan fingerprint density at radius 1 is 1.38 bits per heavy atom. The largest absolute Gasteiger partial charge is 0.339 e. The predicted molar refractivity (Wildman–Crippen MR) is 51.9 cm³/mol. The normalized spacial score (nSPS) is 15.7. The van der Waals surface area contributed by atoms with E-state index >= 15 is 0 Å². The molecular formula is C9H15ClN2O. The zero-order valence-electron chi connectivity index (χ0n) is 8.25. The summed E-state index contributed by atoms with van der Waals surface area (Å²) in [6, 6.07) is 0. The minimum absolute atomic E-state index is 0.124. The van der Waals surface area contributed by atoms with Gasteiger partial charge in [-0.2, -0.15) is 4.98 Å². The fourth-order valence-electron chi connectivity index (χ4n) is 0.932. The Morgan fingerprint density at radius 2 is 2.08 bits per heavy atom. The van der Waals surface area contributed by atoms with E-state index < -0.39 is 0 Å². The van der Waals surface area contributed by atoms with Gasteiger partial charge in [-0.15, -0.1) is 11.6 Å². The highest BCUT2D eigenvalue weighted by molar-refractivity contribution is 6.20. The van der Waals surface area contributed by atoms with Crippen LogP contribution in [0.15, 0.2) is 4.52 Å². The number of halogens is 1. The van der Waals surface area contributed by atoms with Gasteiger partial charge in [-0.1, -0.05) is 25.9 Å². The summed E-state index contributed by atoms with van der Waals surface area (Å²) in [7, 11) is 0. The number of nitrogens with zero attached hydrogens (tertiary/aromatic N) is 2. The molecular weight excluding hydrogens is 188 g/mol. The first-order valence-corrected chi connectivity index (χ1v) is 5.10. The standard InChI is InChI=1S/C9H15ClN2O/c1-4-6(3)9-11-8(12-13-9)7(10)5-2/h6-7H,4-5H2,1-3H3. The fourth-order valence-corrected chi connectivity index (χ4v) is 1.02. The third-order valence-electron chi connectivity index (χ3n) is 2.13. The molecule has 0 aromatic carbocycles. The zero-order valence-corrected chi connectivity index (χ0v) is 9.01. The number of hydrogen-bond acceptors (Lipinski definition) is 3. The summed E-state index contributed by atoms with van der Waals surface area (Å²) in [6.07, 6.45) is 1.82. The first-order valence-electron chi connectivity index (χ1n) is 4.66. The molecule has 0 fully saturated rings. The highest BCUT2D eigenvalue weighted by atomic mass is 35.5. The molecule has 74 valence electrons. The lowest BCUT2D eigenvalue weighted by atomic mass is 10.1. The van der Waals surface area contributed by atoms with E-state index in [2.05, 4.69) is 24.0 Å². The maximum absolute atomic E-state index is 5.97. The third kappa shape index (κ3) is 2.44. The van der Waals surface area contributed by atoms with Gasteiger partial charge in [0.15, 0.2) is 5.82 Å². The van der Waals surface area contributed by atoms with Gasteiger partial charge in [0.2, 0.25) is 5.89 Å². The highest BCUT2D eigenvalue weighted by Gasteiger charge is 2.16. The second-order valence-corrected chi connectivity index (χ2v) is 3.70. The van der Waals surface area contributed by atoms with E-state index in [0.717, 1.165) is 12.8 Å². The molecule has 0 N–H and O–H groups in total. The molecule has 4 heteroatoms. The number of aromatic nitrogens is 2. The molecule has 1 rings (SSSR count). The van der Waals surface area contributed by atoms with Crippen molar-refractivity contribution in [1.29, 1.82) is 0 Å². The number of alkyl halides is 1. The lowest BCUT2D eigenvalue weighted by Crippen LogP contribution is -1.94. The van der Waals surface area contributed by atoms with Crippen molar-refractivity contribution >= 4 is 11.6 Å². The van der Waals surface area contributed by atoms with E-state index in [0.29, 0.717) is 17.6 Å². The maximum Gasteiger partial charge on any atom is 0.229 e. The van der Waals surface area contributed by atoms with Gasteiger partial charge < -0.3 is 4.52 Å². The molecule has 0 aliphatic carbocycles. The van der Waals surface area contributed by atoms with E-state index in [1.54, 1.807) is 0 Å². The molecule has 0 aliphatic heterocycles. The Kier molecular flexibility index (Phi) is 3.72. The Balaban J connectivity index is 2.74. The van der Waals surface area contributed by atoms with Gasteiger partial charge in [0, 0.05) is 5.92 Å². The lowest BCUT2D eigenvalue weighted by Gasteiger charge is -1.99. The molecule has 2 unspecified atom stereocenters. The molecule has 2 atom stereocenters. The van der Waals surface area contributed by atoms with Crippen molar-refractivity contribution in [1.82, 2.24) is 10.1 Å². The van der Waals surface area contributed by atoms with Crippen LogP contribution in [0.4, 0.5) is 0 Å². The summed E-state index contributed by atoms with van der Waals surface area (Å²) in [6.45, 7) is 6.15. The van der Waals surface area contributed by atoms with Crippen molar-refractivity contribution in [3.63, 3.8) is 0 Å². The summed E-state index contributed by atoms with van der Waals surface area (Å²) >= 11 is 5.97. The molecule has 0 saturated heterocycles. The molecule has 0 amide bonds. The predicted octanol–water partition coefficient (Wildman–Crippen LogP) is 3.27. The van der Waals surface area contributed by atoms with Crippen LogP contribution >= 0.6 is 11.6 Å². The molecule has 0 saturated carbocycles. The summed E-state index contributed by atoms with van der Waals surface area (Å²) < 4.78 is 5.09. The van der Waals surface area contributed by atoms with Crippen LogP contribution in [0.1, 0.15) is 56.6 Å². The van der Waals surface area contributed by atoms with Crippen LogP contribution in [-0.4, -0.2) is 10.1 Å². The summed E-state index contributed by atoms with van der Waals surface area (Å²) in [5, 5.41) is 3.71. The van der Waals surface area contributed by atoms with Crippen LogP contribution in [-0.2, 0) is 0 Å². The minimum atomic E-state index is -0.124. The van der Waals surface area contributed by atoms with Gasteiger partial charge in [0.05, 0.1) is 5.38 Å². The second kappa shape index (κ2) is 4.61. The molecule has 0 aliphatic rings. The van der Waals surface area contributed by atoms with Crippen molar-refractivity contribution in [2.24, 2.45) is 0 Å². The topological polar surface area (TPSA) is 38.9 Å². The van der Waals surface area contributed by atoms with Crippen LogP contribution in [0.25, 0.3) is 0 Å². The molecule has 0 bridgehead atoms. The van der Waals surface area contributed by atoms with Gasteiger partial charge >= 0.3 is 0 Å². The van der Waals surface area contributed by atoms with Crippen LogP contribution in [0.2, 0.25) is 0 Å². The Bertz CT molecular complexity index is 237. The zero-order chi connectivity index (χ0) is 9.84. The average Bonchev–Trinajstić information content (AvgIpc) is 2.64. The van der Waals surface area contributed by atoms with Crippen molar-refractivity contribution in [2.45, 2.75) is 44.9 Å². The molecule has 3 nitrogen and oxygen atoms in total. The van der Waals surface area contributed by atoms with E-state index in [4.69, 9.17) is 16.1 Å². The maximum atomic E-state index is 5.97. The average molecular weight is 203 g/mol. The molecule has 0 spiro atoms. The highest BCUT2D eigenvalue weighted by Crippen LogP contribution is 2.23. The Hall–Kier alpha value is -0.570. The van der Waals surface area contributed by atoms with Gasteiger partial charge in [-0.25, -0.2) is 0 Å². The van der Waals surface area contributed by atoms with E-state index in [1.165, 1.54) is 0 Å². The van der Waals surface area contributed by atoms with Crippen LogP contribution in [0.3, 0.4) is 0 Å². The third-order valence-corrected chi connectivity index (χ3v) is 2.63. The van der Waals surface area contributed by atoms with Gasteiger partial charge in [0.1, 0.15) is 0 Å². The summed E-state index contributed by atoms with van der Waals surface area (Å²) in [4.78, 5) is 4.24. The van der Waals surface area contributed by atoms with Crippen LogP contribution < -0.4 is 0 Å². The molecule has 1 aromatic heterocycles. The molecule has 1 heterocycles.